The first-order chi connectivity index (χ1) is 10.2. The number of ether oxygens (including phenoxy) is 2. The van der Waals surface area contributed by atoms with Gasteiger partial charge >= 0.3 is 11.9 Å². The van der Waals surface area contributed by atoms with Crippen LogP contribution < -0.4 is 4.90 Å². The van der Waals surface area contributed by atoms with Crippen LogP contribution >= 0.6 is 0 Å². The molecular formula is C16H26NO4+. The number of esters is 2. The Morgan fingerprint density at radius 2 is 1.67 bits per heavy atom. The highest BCUT2D eigenvalue weighted by Crippen LogP contribution is 2.44. The van der Waals surface area contributed by atoms with E-state index in [0.717, 1.165) is 45.1 Å². The minimum Gasteiger partial charge on any atom is -0.469 e. The average molecular weight is 296 g/mol. The smallest absolute Gasteiger partial charge is 0.316 e. The first-order valence-corrected chi connectivity index (χ1v) is 8.17. The molecule has 2 saturated heterocycles. The molecule has 1 spiro atoms. The summed E-state index contributed by atoms with van der Waals surface area (Å²) >= 11 is 0. The first-order valence-electron chi connectivity index (χ1n) is 8.17. The van der Waals surface area contributed by atoms with Crippen molar-refractivity contribution in [3.8, 4) is 0 Å². The lowest BCUT2D eigenvalue weighted by Crippen LogP contribution is -3.20. The van der Waals surface area contributed by atoms with Crippen molar-refractivity contribution in [2.24, 2.45) is 11.8 Å². The molecule has 3 aliphatic rings. The van der Waals surface area contributed by atoms with Gasteiger partial charge < -0.3 is 14.4 Å². The van der Waals surface area contributed by atoms with Gasteiger partial charge in [-0.2, -0.15) is 0 Å². The highest BCUT2D eigenvalue weighted by atomic mass is 16.5. The van der Waals surface area contributed by atoms with E-state index in [2.05, 4.69) is 0 Å². The largest absolute Gasteiger partial charge is 0.469 e. The summed E-state index contributed by atoms with van der Waals surface area (Å²) in [5.74, 6) is -1.08. The molecule has 1 saturated carbocycles. The summed E-state index contributed by atoms with van der Waals surface area (Å²) in [7, 11) is 2.86. The zero-order valence-corrected chi connectivity index (χ0v) is 13.0. The molecule has 0 aromatic carbocycles. The molecule has 3 rings (SSSR count). The second-order valence-corrected chi connectivity index (χ2v) is 6.79. The number of carbonyl (C=O) groups excluding carboxylic acids is 2. The molecule has 118 valence electrons. The Balaban J connectivity index is 2.03. The van der Waals surface area contributed by atoms with E-state index in [-0.39, 0.29) is 35.4 Å². The van der Waals surface area contributed by atoms with Crippen LogP contribution in [0, 0.1) is 11.8 Å². The van der Waals surface area contributed by atoms with Crippen molar-refractivity contribution in [1.29, 1.82) is 0 Å². The van der Waals surface area contributed by atoms with Crippen molar-refractivity contribution < 1.29 is 24.0 Å². The molecule has 0 radical (unpaired) electrons. The summed E-state index contributed by atoms with van der Waals surface area (Å²) in [6.07, 6.45) is 7.76. The van der Waals surface area contributed by atoms with Crippen LogP contribution in [0.1, 0.15) is 44.9 Å². The van der Waals surface area contributed by atoms with E-state index in [4.69, 9.17) is 9.47 Å². The van der Waals surface area contributed by atoms with Crippen LogP contribution in [0.3, 0.4) is 0 Å². The third-order valence-corrected chi connectivity index (χ3v) is 6.11. The summed E-state index contributed by atoms with van der Waals surface area (Å²) < 4.78 is 10.1. The molecule has 1 N–H and O–H groups in total. The summed E-state index contributed by atoms with van der Waals surface area (Å²) in [6, 6.07) is 0.236. The molecule has 21 heavy (non-hydrogen) atoms. The van der Waals surface area contributed by atoms with Gasteiger partial charge in [-0.25, -0.2) is 0 Å². The minimum atomic E-state index is -0.324. The molecule has 2 aliphatic heterocycles. The number of methoxy groups -OCH3 is 2. The lowest BCUT2D eigenvalue weighted by molar-refractivity contribution is -0.954. The fourth-order valence-corrected chi connectivity index (χ4v) is 5.41. The van der Waals surface area contributed by atoms with Crippen LogP contribution in [-0.2, 0) is 19.1 Å². The van der Waals surface area contributed by atoms with Crippen LogP contribution in [0.25, 0.3) is 0 Å². The number of quaternary nitrogens is 1. The second kappa shape index (κ2) is 5.59. The quantitative estimate of drug-likeness (QED) is 0.746. The molecule has 5 nitrogen and oxygen atoms in total. The third kappa shape index (κ3) is 2.08. The maximum absolute atomic E-state index is 12.5. The van der Waals surface area contributed by atoms with E-state index in [1.165, 1.54) is 25.5 Å². The van der Waals surface area contributed by atoms with E-state index in [0.29, 0.717) is 0 Å². The van der Waals surface area contributed by atoms with Crippen LogP contribution in [0.5, 0.6) is 0 Å². The van der Waals surface area contributed by atoms with Crippen LogP contribution in [0.15, 0.2) is 0 Å². The normalized spacial score (nSPS) is 37.2. The Bertz CT molecular complexity index is 430. The standard InChI is InChI=1S/C16H25NO4/c1-20-14(18)12-11-7-6-10-17(11)16(8-4-3-5-9-16)13(12)15(19)21-2/h11-13H,3-10H2,1-2H3/p+1/t11-,12+,13+/m1/s1. The number of carbonyl (C=O) groups is 2. The van der Waals surface area contributed by atoms with Gasteiger partial charge in [0.15, 0.2) is 0 Å². The van der Waals surface area contributed by atoms with E-state index >= 15 is 0 Å². The maximum Gasteiger partial charge on any atom is 0.316 e. The van der Waals surface area contributed by atoms with Gasteiger partial charge in [-0.05, 0) is 12.8 Å². The van der Waals surface area contributed by atoms with Crippen molar-refractivity contribution in [2.45, 2.75) is 56.5 Å². The van der Waals surface area contributed by atoms with Crippen molar-refractivity contribution in [2.75, 3.05) is 20.8 Å². The molecule has 1 unspecified atom stereocenters. The number of hydrogen-bond donors (Lipinski definition) is 1. The molecule has 0 aromatic rings. The fraction of sp³-hybridized carbons (Fsp3) is 0.875. The van der Waals surface area contributed by atoms with Crippen molar-refractivity contribution in [3.63, 3.8) is 0 Å². The Labute approximate surface area is 126 Å². The Kier molecular flexibility index (Phi) is 3.95. The molecule has 0 amide bonds. The molecule has 1 aliphatic carbocycles. The van der Waals surface area contributed by atoms with Gasteiger partial charge in [-0.15, -0.1) is 0 Å². The summed E-state index contributed by atoms with van der Waals surface area (Å²) in [5.41, 5.74) is -0.0919. The SMILES string of the molecule is COC(=O)[C@H]1[C@H]2CCC[NH+]2C2(CCCCC2)[C@@H]1C(=O)OC. The van der Waals surface area contributed by atoms with Gasteiger partial charge in [0.1, 0.15) is 23.4 Å². The molecule has 4 atom stereocenters. The summed E-state index contributed by atoms with van der Waals surface area (Å²) in [4.78, 5) is 26.4. The Morgan fingerprint density at radius 1 is 1.00 bits per heavy atom. The van der Waals surface area contributed by atoms with Crippen LogP contribution in [0.4, 0.5) is 0 Å². The number of rotatable bonds is 2. The molecule has 3 fully saturated rings. The van der Waals surface area contributed by atoms with Gasteiger partial charge in [0.2, 0.25) is 0 Å². The molecule has 0 bridgehead atoms. The average Bonchev–Trinajstić information content (AvgIpc) is 3.09. The maximum atomic E-state index is 12.5. The first kappa shape index (κ1) is 14.8. The predicted octanol–water partition coefficient (Wildman–Crippen LogP) is 0.329. The lowest BCUT2D eigenvalue weighted by atomic mass is 9.70. The van der Waals surface area contributed by atoms with E-state index in [1.54, 1.807) is 0 Å². The zero-order chi connectivity index (χ0) is 15.0. The molecular weight excluding hydrogens is 270 g/mol. The lowest BCUT2D eigenvalue weighted by Gasteiger charge is -2.40. The molecule has 2 heterocycles. The second-order valence-electron chi connectivity index (χ2n) is 6.79. The fourth-order valence-electron chi connectivity index (χ4n) is 5.41. The zero-order valence-electron chi connectivity index (χ0n) is 13.0. The van der Waals surface area contributed by atoms with Gasteiger partial charge in [0.25, 0.3) is 0 Å². The number of fused-ring (bicyclic) bond motifs is 2. The summed E-state index contributed by atoms with van der Waals surface area (Å²) in [5, 5.41) is 0. The van der Waals surface area contributed by atoms with Crippen LogP contribution in [-0.4, -0.2) is 44.3 Å². The Hall–Kier alpha value is -1.10. The number of nitrogens with one attached hydrogen (secondary N) is 1. The molecule has 0 aromatic heterocycles. The van der Waals surface area contributed by atoms with E-state index in [1.807, 2.05) is 0 Å². The van der Waals surface area contributed by atoms with Gasteiger partial charge in [-0.1, -0.05) is 6.42 Å². The van der Waals surface area contributed by atoms with E-state index in [9.17, 15) is 9.59 Å². The van der Waals surface area contributed by atoms with Crippen molar-refractivity contribution >= 4 is 11.9 Å². The topological polar surface area (TPSA) is 57.0 Å². The van der Waals surface area contributed by atoms with Gasteiger partial charge in [-0.3, -0.25) is 9.59 Å². The minimum absolute atomic E-state index is 0.0919. The third-order valence-electron chi connectivity index (χ3n) is 6.11. The highest BCUT2D eigenvalue weighted by molar-refractivity contribution is 5.84. The van der Waals surface area contributed by atoms with Crippen LogP contribution in [0.2, 0.25) is 0 Å². The van der Waals surface area contributed by atoms with Crippen molar-refractivity contribution in [3.05, 3.63) is 0 Å². The van der Waals surface area contributed by atoms with Gasteiger partial charge in [0.05, 0.1) is 20.8 Å². The predicted molar refractivity (Wildman–Crippen MR) is 75.7 cm³/mol. The van der Waals surface area contributed by atoms with Gasteiger partial charge in [0, 0.05) is 25.7 Å². The summed E-state index contributed by atoms with van der Waals surface area (Å²) in [6.45, 7) is 1.08. The van der Waals surface area contributed by atoms with Crippen molar-refractivity contribution in [1.82, 2.24) is 0 Å². The number of hydrogen-bond acceptors (Lipinski definition) is 4. The Morgan fingerprint density at radius 3 is 2.29 bits per heavy atom. The molecule has 5 heteroatoms. The van der Waals surface area contributed by atoms with E-state index < -0.39 is 0 Å². The highest BCUT2D eigenvalue weighted by Gasteiger charge is 2.68. The monoisotopic (exact) mass is 296 g/mol.